The van der Waals surface area contributed by atoms with Gasteiger partial charge in [-0.15, -0.1) is 0 Å². The quantitative estimate of drug-likeness (QED) is 0.125. The molecule has 4 aliphatic rings. The van der Waals surface area contributed by atoms with Crippen molar-refractivity contribution in [1.29, 1.82) is 10.5 Å². The third-order valence-electron chi connectivity index (χ3n) is 13.8. The summed E-state index contributed by atoms with van der Waals surface area (Å²) >= 11 is 12.4. The molecule has 4 aromatic carbocycles. The Hall–Kier alpha value is -5.90. The second-order valence-corrected chi connectivity index (χ2v) is 19.0. The molecule has 0 spiro atoms. The maximum Gasteiger partial charge on any atom is 0.181 e. The van der Waals surface area contributed by atoms with Crippen LogP contribution in [0.4, 0.5) is 0 Å². The molecule has 0 unspecified atom stereocenters. The van der Waals surface area contributed by atoms with Gasteiger partial charge in [0.15, 0.2) is 22.4 Å². The van der Waals surface area contributed by atoms with Gasteiger partial charge in [0.2, 0.25) is 0 Å². The van der Waals surface area contributed by atoms with Gasteiger partial charge in [-0.05, 0) is 74.7 Å². The number of hydrogen-bond donors (Lipinski definition) is 4. The molecule has 2 saturated carbocycles. The smallest absolute Gasteiger partial charge is 0.181 e. The number of halogens is 2. The van der Waals surface area contributed by atoms with Crippen molar-refractivity contribution in [3.63, 3.8) is 0 Å². The van der Waals surface area contributed by atoms with Crippen molar-refractivity contribution in [3.05, 3.63) is 189 Å². The van der Waals surface area contributed by atoms with E-state index in [-0.39, 0.29) is 23.2 Å². The van der Waals surface area contributed by atoms with Gasteiger partial charge in [-0.2, -0.15) is 10.5 Å². The minimum absolute atomic E-state index is 0.269. The molecular formula is C52H48Cl2N6O6. The van der Waals surface area contributed by atoms with Gasteiger partial charge in [-0.25, -0.2) is 0 Å². The molecule has 2 aliphatic carbocycles. The van der Waals surface area contributed by atoms with Crippen LogP contribution in [0.1, 0.15) is 56.6 Å². The summed E-state index contributed by atoms with van der Waals surface area (Å²) in [5, 5.41) is 67.8. The molecule has 12 nitrogen and oxygen atoms in total. The summed E-state index contributed by atoms with van der Waals surface area (Å²) in [5.74, 6) is -0.873. The zero-order valence-corrected chi connectivity index (χ0v) is 38.1. The maximum atomic E-state index is 12.4. The fourth-order valence-electron chi connectivity index (χ4n) is 11.4. The highest BCUT2D eigenvalue weighted by Crippen LogP contribution is 2.69. The number of aromatic nitrogens is 2. The van der Waals surface area contributed by atoms with E-state index < -0.39 is 46.4 Å². The van der Waals surface area contributed by atoms with Crippen LogP contribution in [-0.4, -0.2) is 93.7 Å². The molecule has 2 aromatic heterocycles. The van der Waals surface area contributed by atoms with Crippen LogP contribution < -0.4 is 9.47 Å². The minimum atomic E-state index is -1.83. The molecule has 336 valence electrons. The Morgan fingerprint density at radius 1 is 0.576 bits per heavy atom. The van der Waals surface area contributed by atoms with Gasteiger partial charge < -0.3 is 39.7 Å². The van der Waals surface area contributed by atoms with Gasteiger partial charge in [-0.1, -0.05) is 108 Å². The van der Waals surface area contributed by atoms with Crippen LogP contribution >= 0.6 is 23.2 Å². The molecule has 2 aliphatic heterocycles. The molecule has 2 fully saturated rings. The lowest BCUT2D eigenvalue weighted by Crippen LogP contribution is -2.52. The van der Waals surface area contributed by atoms with Crippen LogP contribution in [0, 0.1) is 34.5 Å². The van der Waals surface area contributed by atoms with E-state index in [9.17, 15) is 30.9 Å². The molecule has 4 heterocycles. The van der Waals surface area contributed by atoms with E-state index in [1.165, 1.54) is 12.4 Å². The van der Waals surface area contributed by atoms with Crippen molar-refractivity contribution in [2.75, 3.05) is 41.3 Å². The van der Waals surface area contributed by atoms with Gasteiger partial charge in [-0.3, -0.25) is 9.97 Å². The summed E-state index contributed by atoms with van der Waals surface area (Å²) < 4.78 is 13.3. The first-order valence-corrected chi connectivity index (χ1v) is 22.3. The van der Waals surface area contributed by atoms with E-state index in [0.717, 1.165) is 11.1 Å². The third-order valence-corrected chi connectivity index (χ3v) is 14.2. The second kappa shape index (κ2) is 17.1. The summed E-state index contributed by atoms with van der Waals surface area (Å²) in [6, 6.07) is 41.1. The first kappa shape index (κ1) is 45.3. The second-order valence-electron chi connectivity index (χ2n) is 18.1. The number of nitriles is 2. The number of nitrogens with zero attached hydrogens (tertiary/aromatic N) is 6. The number of ether oxygens (including phenoxy) is 2. The Labute approximate surface area is 393 Å². The predicted molar refractivity (Wildman–Crippen MR) is 248 cm³/mol. The van der Waals surface area contributed by atoms with E-state index in [1.54, 1.807) is 60.7 Å². The number of aliphatic hydroxyl groups is 4. The highest BCUT2D eigenvalue weighted by atomic mass is 35.5. The maximum absolute atomic E-state index is 12.4. The monoisotopic (exact) mass is 922 g/mol. The Morgan fingerprint density at radius 3 is 1.24 bits per heavy atom. The first-order chi connectivity index (χ1) is 31.6. The molecule has 14 heteroatoms. The van der Waals surface area contributed by atoms with E-state index in [0.29, 0.717) is 56.9 Å². The van der Waals surface area contributed by atoms with Crippen LogP contribution in [0.3, 0.4) is 0 Å². The van der Waals surface area contributed by atoms with Crippen molar-refractivity contribution in [2.24, 2.45) is 11.8 Å². The molecule has 6 aromatic rings. The van der Waals surface area contributed by atoms with Crippen LogP contribution in [0.15, 0.2) is 134 Å². The van der Waals surface area contributed by atoms with Gasteiger partial charge in [0.1, 0.15) is 22.9 Å². The number of pyridine rings is 2. The highest BCUT2D eigenvalue weighted by Gasteiger charge is 2.78. The SMILES string of the molecule is CN(C)C[C@@H]1[C@@H](c2ccccc2)[C@]2(c3ccc(C#N)cc3)Oc3cc(Cl)cnc3[C@]2(O)[C@H]1O.CN(C)C[C@H]1[C@@H](O)[C@@]2(O)c3ncc(Cl)cc3O[C@@]2(c2ccc(C#N)cc2)[C@@H]1c1ccccc1. The molecule has 0 amide bonds. The lowest BCUT2D eigenvalue weighted by atomic mass is 9.71. The molecule has 0 radical (unpaired) electrons. The van der Waals surface area contributed by atoms with Crippen LogP contribution in [0.5, 0.6) is 11.5 Å². The average molecular weight is 924 g/mol. The molecule has 0 saturated heterocycles. The molecule has 10 rings (SSSR count). The molecule has 0 bridgehead atoms. The van der Waals surface area contributed by atoms with E-state index >= 15 is 0 Å². The fraction of sp³-hybridized carbons (Fsp3) is 0.308. The van der Waals surface area contributed by atoms with Gasteiger partial charge >= 0.3 is 0 Å². The highest BCUT2D eigenvalue weighted by molar-refractivity contribution is 6.30. The van der Waals surface area contributed by atoms with Crippen molar-refractivity contribution >= 4 is 23.2 Å². The fourth-order valence-corrected chi connectivity index (χ4v) is 11.7. The number of aliphatic hydroxyl groups excluding tert-OH is 2. The Morgan fingerprint density at radius 2 is 0.924 bits per heavy atom. The number of hydrogen-bond acceptors (Lipinski definition) is 12. The van der Waals surface area contributed by atoms with Gasteiger partial charge in [0.05, 0.1) is 45.5 Å². The van der Waals surface area contributed by atoms with Gasteiger partial charge in [0, 0.05) is 61.3 Å². The zero-order valence-electron chi connectivity index (χ0n) is 36.6. The third kappa shape index (κ3) is 6.70. The summed E-state index contributed by atoms with van der Waals surface area (Å²) in [6.07, 6.45) is 0.576. The van der Waals surface area contributed by atoms with Crippen molar-refractivity contribution < 1.29 is 29.9 Å². The van der Waals surface area contributed by atoms with Crippen molar-refractivity contribution in [1.82, 2.24) is 19.8 Å². The van der Waals surface area contributed by atoms with E-state index in [2.05, 4.69) is 22.1 Å². The van der Waals surface area contributed by atoms with Gasteiger partial charge in [0.25, 0.3) is 0 Å². The summed E-state index contributed by atoms with van der Waals surface area (Å²) in [4.78, 5) is 12.9. The molecule has 4 N–H and O–H groups in total. The molecule has 66 heavy (non-hydrogen) atoms. The summed E-state index contributed by atoms with van der Waals surface area (Å²) in [5.41, 5.74) is -1.69. The Balaban J connectivity index is 0.000000166. The van der Waals surface area contributed by atoms with Crippen LogP contribution in [-0.2, 0) is 22.4 Å². The lowest BCUT2D eigenvalue weighted by molar-refractivity contribution is -0.153. The van der Waals surface area contributed by atoms with Crippen LogP contribution in [0.25, 0.3) is 0 Å². The lowest BCUT2D eigenvalue weighted by Gasteiger charge is -2.40. The molecular weight excluding hydrogens is 876 g/mol. The number of fused-ring (bicyclic) bond motifs is 6. The average Bonchev–Trinajstić information content (AvgIpc) is 3.87. The zero-order chi connectivity index (χ0) is 46.8. The number of benzene rings is 4. The van der Waals surface area contributed by atoms with E-state index in [4.69, 9.17) is 32.7 Å². The summed E-state index contributed by atoms with van der Waals surface area (Å²) in [6.45, 7) is 1.04. The summed E-state index contributed by atoms with van der Waals surface area (Å²) in [7, 11) is 7.75. The Kier molecular flexibility index (Phi) is 11.7. The van der Waals surface area contributed by atoms with Crippen LogP contribution in [0.2, 0.25) is 10.0 Å². The Bertz CT molecular complexity index is 2650. The standard InChI is InChI=1S/2C26H24ClN3O3/c2*1-30(2)15-20-22(17-6-4-3-5-7-17)26(18-10-8-16(13-28)9-11-18)25(32,24(20)31)23-21(33-26)12-19(27)14-29-23/h2*3-12,14,20,22,24,31-32H,15H2,1-2H3/t20-,22-,24+,25+,26+;20-,22-,24-,25+,26+/m11/s1. The first-order valence-electron chi connectivity index (χ1n) is 21.6. The van der Waals surface area contributed by atoms with Crippen molar-refractivity contribution in [2.45, 2.75) is 46.4 Å². The largest absolute Gasteiger partial charge is 0.476 e. The molecule has 10 atom stereocenters. The van der Waals surface area contributed by atoms with Crippen molar-refractivity contribution in [3.8, 4) is 23.6 Å². The normalized spacial score (nSPS) is 29.9. The minimum Gasteiger partial charge on any atom is -0.476 e. The topological polar surface area (TPSA) is 179 Å². The predicted octanol–water partition coefficient (Wildman–Crippen LogP) is 6.84. The van der Waals surface area contributed by atoms with E-state index in [1.807, 2.05) is 98.7 Å². The number of rotatable bonds is 8.